The summed E-state index contributed by atoms with van der Waals surface area (Å²) in [4.78, 5) is 12.6. The topological polar surface area (TPSA) is 55.1 Å². The third-order valence-corrected chi connectivity index (χ3v) is 4.22. The molecule has 1 aromatic heterocycles. The number of aromatic nitrogens is 1. The molecule has 0 radical (unpaired) electrons. The molecular formula is C19H15ClF2N2O2. The summed E-state index contributed by atoms with van der Waals surface area (Å²) in [5.41, 5.74) is 1.10. The number of benzene rings is 2. The molecule has 0 unspecified atom stereocenters. The summed E-state index contributed by atoms with van der Waals surface area (Å²) in [5, 5.41) is 6.68. The standard InChI is InChI=1S/C19H15ClF2N2O2/c1-11-16(18(24-26-11)17-14(20)3-2-4-15(17)22)19(25)23-10-9-12-5-7-13(21)8-6-12/h2-8H,9-10H2,1H3,(H,23,25). The fourth-order valence-electron chi connectivity index (χ4n) is 2.59. The Hall–Kier alpha value is -2.73. The van der Waals surface area contributed by atoms with E-state index in [-0.39, 0.29) is 33.4 Å². The van der Waals surface area contributed by atoms with Gasteiger partial charge in [-0.15, -0.1) is 0 Å². The molecule has 3 aromatic rings. The molecule has 0 bridgehead atoms. The number of halogens is 3. The highest BCUT2D eigenvalue weighted by molar-refractivity contribution is 6.33. The number of rotatable bonds is 5. The summed E-state index contributed by atoms with van der Waals surface area (Å²) in [6.07, 6.45) is 0.520. The SMILES string of the molecule is Cc1onc(-c2c(F)cccc2Cl)c1C(=O)NCCc1ccc(F)cc1. The second-order valence-corrected chi connectivity index (χ2v) is 6.10. The molecule has 0 aliphatic carbocycles. The average molecular weight is 377 g/mol. The largest absolute Gasteiger partial charge is 0.360 e. The number of carbonyl (C=O) groups is 1. The first-order valence-electron chi connectivity index (χ1n) is 7.90. The smallest absolute Gasteiger partial charge is 0.257 e. The molecule has 1 heterocycles. The Bertz CT molecular complexity index is 919. The maximum atomic E-state index is 14.2. The van der Waals surface area contributed by atoms with Gasteiger partial charge in [-0.3, -0.25) is 4.79 Å². The molecular weight excluding hydrogens is 362 g/mol. The maximum Gasteiger partial charge on any atom is 0.257 e. The fourth-order valence-corrected chi connectivity index (χ4v) is 2.85. The fraction of sp³-hybridized carbons (Fsp3) is 0.158. The van der Waals surface area contributed by atoms with Crippen molar-refractivity contribution >= 4 is 17.5 Å². The molecule has 0 fully saturated rings. The van der Waals surface area contributed by atoms with Crippen LogP contribution in [0.3, 0.4) is 0 Å². The Kier molecular flexibility index (Phi) is 5.32. The van der Waals surface area contributed by atoms with E-state index in [1.54, 1.807) is 19.1 Å². The van der Waals surface area contributed by atoms with Crippen molar-refractivity contribution in [3.63, 3.8) is 0 Å². The van der Waals surface area contributed by atoms with E-state index in [9.17, 15) is 13.6 Å². The third kappa shape index (κ3) is 3.75. The van der Waals surface area contributed by atoms with Gasteiger partial charge in [-0.1, -0.05) is 35.0 Å². The Balaban J connectivity index is 1.78. The second-order valence-electron chi connectivity index (χ2n) is 5.69. The molecule has 0 saturated carbocycles. The van der Waals surface area contributed by atoms with Crippen LogP contribution < -0.4 is 5.32 Å². The molecule has 0 spiro atoms. The van der Waals surface area contributed by atoms with Gasteiger partial charge in [0.05, 0.1) is 10.6 Å². The lowest BCUT2D eigenvalue weighted by molar-refractivity contribution is 0.0953. The van der Waals surface area contributed by atoms with Gasteiger partial charge in [-0.2, -0.15) is 0 Å². The van der Waals surface area contributed by atoms with E-state index >= 15 is 0 Å². The normalized spacial score (nSPS) is 10.8. The average Bonchev–Trinajstić information content (AvgIpc) is 2.98. The second kappa shape index (κ2) is 7.66. The number of hydrogen-bond acceptors (Lipinski definition) is 3. The molecule has 0 aliphatic heterocycles. The van der Waals surface area contributed by atoms with Gasteiger partial charge < -0.3 is 9.84 Å². The minimum atomic E-state index is -0.592. The Morgan fingerprint density at radius 1 is 1.19 bits per heavy atom. The zero-order chi connectivity index (χ0) is 18.7. The minimum Gasteiger partial charge on any atom is -0.360 e. The van der Waals surface area contributed by atoms with Crippen LogP contribution in [0, 0.1) is 18.6 Å². The van der Waals surface area contributed by atoms with Gasteiger partial charge >= 0.3 is 0 Å². The number of nitrogens with zero attached hydrogens (tertiary/aromatic N) is 1. The van der Waals surface area contributed by atoms with Crippen LogP contribution in [0.5, 0.6) is 0 Å². The van der Waals surface area contributed by atoms with E-state index in [1.807, 2.05) is 0 Å². The summed E-state index contributed by atoms with van der Waals surface area (Å²) in [7, 11) is 0. The number of carbonyl (C=O) groups excluding carboxylic acids is 1. The van der Waals surface area contributed by atoms with Crippen LogP contribution in [0.25, 0.3) is 11.3 Å². The van der Waals surface area contributed by atoms with E-state index in [2.05, 4.69) is 10.5 Å². The van der Waals surface area contributed by atoms with Crippen LogP contribution in [0.2, 0.25) is 5.02 Å². The highest BCUT2D eigenvalue weighted by Gasteiger charge is 2.25. The summed E-state index contributed by atoms with van der Waals surface area (Å²) < 4.78 is 32.2. The van der Waals surface area contributed by atoms with Crippen LogP contribution >= 0.6 is 11.6 Å². The van der Waals surface area contributed by atoms with E-state index < -0.39 is 11.7 Å². The van der Waals surface area contributed by atoms with Crippen LogP contribution in [-0.2, 0) is 6.42 Å². The molecule has 2 aromatic carbocycles. The molecule has 4 nitrogen and oxygen atoms in total. The van der Waals surface area contributed by atoms with E-state index in [0.717, 1.165) is 5.56 Å². The van der Waals surface area contributed by atoms with Crippen molar-refractivity contribution in [1.82, 2.24) is 10.5 Å². The lowest BCUT2D eigenvalue weighted by Gasteiger charge is -2.07. The van der Waals surface area contributed by atoms with Crippen LogP contribution in [0.1, 0.15) is 21.7 Å². The number of hydrogen-bond donors (Lipinski definition) is 1. The number of nitrogens with one attached hydrogen (secondary N) is 1. The van der Waals surface area contributed by atoms with E-state index in [1.165, 1.54) is 30.3 Å². The summed E-state index contributed by atoms with van der Waals surface area (Å²) in [6, 6.07) is 10.2. The van der Waals surface area contributed by atoms with Crippen LogP contribution in [0.15, 0.2) is 47.0 Å². The van der Waals surface area contributed by atoms with Gasteiger partial charge in [-0.25, -0.2) is 8.78 Å². The lowest BCUT2D eigenvalue weighted by atomic mass is 10.0. The van der Waals surface area contributed by atoms with Gasteiger partial charge in [-0.05, 0) is 43.2 Å². The molecule has 0 saturated heterocycles. The van der Waals surface area contributed by atoms with Crippen molar-refractivity contribution in [3.05, 3.63) is 76.0 Å². The van der Waals surface area contributed by atoms with Crippen LogP contribution in [-0.4, -0.2) is 17.6 Å². The van der Waals surface area contributed by atoms with Crippen molar-refractivity contribution < 1.29 is 18.1 Å². The molecule has 134 valence electrons. The maximum absolute atomic E-state index is 14.2. The quantitative estimate of drug-likeness (QED) is 0.710. The predicted molar refractivity (Wildman–Crippen MR) is 94.1 cm³/mol. The van der Waals surface area contributed by atoms with Gasteiger partial charge in [0.15, 0.2) is 0 Å². The van der Waals surface area contributed by atoms with Gasteiger partial charge in [0.1, 0.15) is 28.7 Å². The number of aryl methyl sites for hydroxylation is 1. The summed E-state index contributed by atoms with van der Waals surface area (Å²) in [5.74, 6) is -1.09. The first-order chi connectivity index (χ1) is 12.5. The summed E-state index contributed by atoms with van der Waals surface area (Å²) >= 11 is 6.06. The van der Waals surface area contributed by atoms with Gasteiger partial charge in [0.2, 0.25) is 0 Å². The first kappa shape index (κ1) is 18.1. The first-order valence-corrected chi connectivity index (χ1v) is 8.28. The van der Waals surface area contributed by atoms with Crippen molar-refractivity contribution in [3.8, 4) is 11.3 Å². The van der Waals surface area contributed by atoms with Crippen LogP contribution in [0.4, 0.5) is 8.78 Å². The molecule has 1 N–H and O–H groups in total. The zero-order valence-electron chi connectivity index (χ0n) is 13.9. The molecule has 26 heavy (non-hydrogen) atoms. The Morgan fingerprint density at radius 3 is 2.62 bits per heavy atom. The molecule has 0 aliphatic rings. The van der Waals surface area contributed by atoms with Crippen molar-refractivity contribution in [2.24, 2.45) is 0 Å². The van der Waals surface area contributed by atoms with Gasteiger partial charge in [0.25, 0.3) is 5.91 Å². The van der Waals surface area contributed by atoms with Crippen molar-refractivity contribution in [2.45, 2.75) is 13.3 Å². The van der Waals surface area contributed by atoms with E-state index in [0.29, 0.717) is 13.0 Å². The molecule has 7 heteroatoms. The monoisotopic (exact) mass is 376 g/mol. The highest BCUT2D eigenvalue weighted by atomic mass is 35.5. The van der Waals surface area contributed by atoms with E-state index in [4.69, 9.17) is 16.1 Å². The third-order valence-electron chi connectivity index (χ3n) is 3.90. The Labute approximate surface area is 153 Å². The number of amides is 1. The summed E-state index contributed by atoms with van der Waals surface area (Å²) in [6.45, 7) is 1.89. The predicted octanol–water partition coefficient (Wildman–Crippen LogP) is 4.55. The van der Waals surface area contributed by atoms with Crippen molar-refractivity contribution in [2.75, 3.05) is 6.54 Å². The van der Waals surface area contributed by atoms with Gasteiger partial charge in [0, 0.05) is 6.54 Å². The zero-order valence-corrected chi connectivity index (χ0v) is 14.6. The highest BCUT2D eigenvalue weighted by Crippen LogP contribution is 2.33. The minimum absolute atomic E-state index is 0.0229. The molecule has 3 rings (SSSR count). The Morgan fingerprint density at radius 2 is 1.92 bits per heavy atom. The molecule has 0 atom stereocenters. The van der Waals surface area contributed by atoms with Crippen molar-refractivity contribution in [1.29, 1.82) is 0 Å². The lowest BCUT2D eigenvalue weighted by Crippen LogP contribution is -2.26. The molecule has 1 amide bonds.